The molecule has 1 aliphatic carbocycles. The summed E-state index contributed by atoms with van der Waals surface area (Å²) in [5.74, 6) is -0.919. The normalized spacial score (nSPS) is 24.8. The summed E-state index contributed by atoms with van der Waals surface area (Å²) in [7, 11) is 0. The largest absolute Gasteiger partial charge is 0.481 e. The Morgan fingerprint density at radius 2 is 1.53 bits per heavy atom. The maximum atomic E-state index is 10.8. The summed E-state index contributed by atoms with van der Waals surface area (Å²) in [6.07, 6.45) is 5.39. The minimum atomic E-state index is -0.881. The second-order valence-electron chi connectivity index (χ2n) is 5.14. The van der Waals surface area contributed by atoms with Crippen molar-refractivity contribution in [2.24, 2.45) is 17.8 Å². The Kier molecular flexibility index (Phi) is 5.45. The fourth-order valence-electron chi connectivity index (χ4n) is 2.92. The van der Waals surface area contributed by atoms with E-state index >= 15 is 0 Å². The van der Waals surface area contributed by atoms with E-state index < -0.39 is 11.9 Å². The molecule has 0 aromatic carbocycles. The van der Waals surface area contributed by atoms with E-state index in [1.54, 1.807) is 0 Å². The first kappa shape index (κ1) is 14.0. The number of carbonyl (C=O) groups is 2. The van der Waals surface area contributed by atoms with Crippen molar-refractivity contribution in [1.29, 1.82) is 0 Å². The molecule has 1 saturated carbocycles. The first-order chi connectivity index (χ1) is 8.02. The minimum Gasteiger partial charge on any atom is -0.481 e. The molecule has 0 aliphatic heterocycles. The Morgan fingerprint density at radius 1 is 1.06 bits per heavy atom. The van der Waals surface area contributed by atoms with E-state index in [-0.39, 0.29) is 24.7 Å². The van der Waals surface area contributed by atoms with Crippen LogP contribution in [0, 0.1) is 17.8 Å². The Bertz CT molecular complexity index is 251. The predicted octanol–water partition coefficient (Wildman–Crippen LogP) is 2.77. The van der Waals surface area contributed by atoms with Gasteiger partial charge in [-0.1, -0.05) is 26.2 Å². The quantitative estimate of drug-likeness (QED) is 0.751. The number of rotatable bonds is 6. The van der Waals surface area contributed by atoms with Gasteiger partial charge in [-0.05, 0) is 30.6 Å². The van der Waals surface area contributed by atoms with E-state index in [0.29, 0.717) is 0 Å². The molecule has 2 N–H and O–H groups in total. The molecule has 0 spiro atoms. The molecule has 0 radical (unpaired) electrons. The summed E-state index contributed by atoms with van der Waals surface area (Å²) in [6, 6.07) is 0. The molecule has 4 heteroatoms. The molecule has 0 saturated heterocycles. The molecule has 0 bridgehead atoms. The van der Waals surface area contributed by atoms with Gasteiger partial charge in [-0.3, -0.25) is 9.59 Å². The van der Waals surface area contributed by atoms with Gasteiger partial charge in [0.15, 0.2) is 0 Å². The molecular formula is C13H22O4. The second kappa shape index (κ2) is 6.62. The van der Waals surface area contributed by atoms with Crippen LogP contribution >= 0.6 is 0 Å². The third-order valence-electron chi connectivity index (χ3n) is 4.01. The first-order valence-electron chi connectivity index (χ1n) is 6.46. The maximum Gasteiger partial charge on any atom is 0.303 e. The van der Waals surface area contributed by atoms with E-state index in [4.69, 9.17) is 10.2 Å². The van der Waals surface area contributed by atoms with Gasteiger partial charge in [-0.2, -0.15) is 0 Å². The molecule has 0 aromatic heterocycles. The smallest absolute Gasteiger partial charge is 0.303 e. The zero-order valence-corrected chi connectivity index (χ0v) is 10.4. The number of hydrogen-bond donors (Lipinski definition) is 2. The lowest BCUT2D eigenvalue weighted by molar-refractivity contribution is -0.141. The summed E-state index contributed by atoms with van der Waals surface area (Å²) in [4.78, 5) is 21.5. The lowest BCUT2D eigenvalue weighted by atomic mass is 9.73. The van der Waals surface area contributed by atoms with Crippen LogP contribution in [0.15, 0.2) is 0 Å². The Hall–Kier alpha value is -1.06. The van der Waals surface area contributed by atoms with E-state index in [9.17, 15) is 9.59 Å². The lowest BCUT2D eigenvalue weighted by Gasteiger charge is -2.32. The zero-order valence-electron chi connectivity index (χ0n) is 10.4. The van der Waals surface area contributed by atoms with E-state index in [0.717, 1.165) is 31.6 Å². The molecule has 4 nitrogen and oxygen atoms in total. The number of carboxylic acid groups (broad SMARTS) is 2. The van der Waals surface area contributed by atoms with Gasteiger partial charge in [0, 0.05) is 12.8 Å². The third kappa shape index (κ3) is 4.75. The Balaban J connectivity index is 2.52. The predicted molar refractivity (Wildman–Crippen MR) is 63.7 cm³/mol. The van der Waals surface area contributed by atoms with Crippen LogP contribution in [-0.4, -0.2) is 22.2 Å². The third-order valence-corrected chi connectivity index (χ3v) is 4.01. The average Bonchev–Trinajstić information content (AvgIpc) is 2.27. The summed E-state index contributed by atoms with van der Waals surface area (Å²) in [5.41, 5.74) is 0. The lowest BCUT2D eigenvalue weighted by Crippen LogP contribution is -2.25. The number of carboxylic acids is 2. The summed E-state index contributed by atoms with van der Waals surface area (Å²) in [5, 5.41) is 17.7. The second-order valence-corrected chi connectivity index (χ2v) is 5.14. The fourth-order valence-corrected chi connectivity index (χ4v) is 2.92. The minimum absolute atomic E-state index is 0.00619. The summed E-state index contributed by atoms with van der Waals surface area (Å²) >= 11 is 0. The van der Waals surface area contributed by atoms with E-state index in [1.165, 1.54) is 6.42 Å². The van der Waals surface area contributed by atoms with Crippen LogP contribution in [0.3, 0.4) is 0 Å². The van der Waals surface area contributed by atoms with Crippen molar-refractivity contribution in [3.05, 3.63) is 0 Å². The Morgan fingerprint density at radius 3 is 1.88 bits per heavy atom. The van der Waals surface area contributed by atoms with Gasteiger partial charge < -0.3 is 10.2 Å². The molecule has 98 valence electrons. The standard InChI is InChI=1S/C13H22O4/c1-2-9-3-5-10(6-4-9)11(7-12(14)15)8-13(16)17/h9-11H,2-8H2,1H3,(H,14,15)(H,16,17). The van der Waals surface area contributed by atoms with Gasteiger partial charge >= 0.3 is 11.9 Å². The molecule has 0 unspecified atom stereocenters. The molecule has 0 aromatic rings. The highest BCUT2D eigenvalue weighted by Crippen LogP contribution is 2.37. The van der Waals surface area contributed by atoms with Crippen LogP contribution in [0.25, 0.3) is 0 Å². The molecule has 0 amide bonds. The molecule has 1 fully saturated rings. The van der Waals surface area contributed by atoms with Crippen molar-refractivity contribution in [3.8, 4) is 0 Å². The van der Waals surface area contributed by atoms with Crippen LogP contribution in [0.5, 0.6) is 0 Å². The van der Waals surface area contributed by atoms with Gasteiger partial charge in [0.1, 0.15) is 0 Å². The van der Waals surface area contributed by atoms with Gasteiger partial charge in [-0.25, -0.2) is 0 Å². The van der Waals surface area contributed by atoms with Crippen LogP contribution in [0.4, 0.5) is 0 Å². The van der Waals surface area contributed by atoms with Crippen LogP contribution < -0.4 is 0 Å². The van der Waals surface area contributed by atoms with Gasteiger partial charge in [0.2, 0.25) is 0 Å². The molecule has 1 aliphatic rings. The highest BCUT2D eigenvalue weighted by Gasteiger charge is 2.29. The van der Waals surface area contributed by atoms with Crippen LogP contribution in [0.1, 0.15) is 51.9 Å². The van der Waals surface area contributed by atoms with Crippen LogP contribution in [0.2, 0.25) is 0 Å². The zero-order chi connectivity index (χ0) is 12.8. The van der Waals surface area contributed by atoms with E-state index in [2.05, 4.69) is 6.92 Å². The SMILES string of the molecule is CCC1CCC(C(CC(=O)O)CC(=O)O)CC1. The topological polar surface area (TPSA) is 74.6 Å². The first-order valence-corrected chi connectivity index (χ1v) is 6.46. The van der Waals surface area contributed by atoms with Gasteiger partial charge in [-0.15, -0.1) is 0 Å². The fraction of sp³-hybridized carbons (Fsp3) is 0.846. The number of aliphatic carboxylic acids is 2. The summed E-state index contributed by atoms with van der Waals surface area (Å²) in [6.45, 7) is 2.18. The molecule has 0 atom stereocenters. The highest BCUT2D eigenvalue weighted by atomic mass is 16.4. The van der Waals surface area contributed by atoms with Crippen molar-refractivity contribution >= 4 is 11.9 Å². The molecule has 0 heterocycles. The van der Waals surface area contributed by atoms with Crippen molar-refractivity contribution in [2.75, 3.05) is 0 Å². The summed E-state index contributed by atoms with van der Waals surface area (Å²) < 4.78 is 0. The maximum absolute atomic E-state index is 10.8. The molecular weight excluding hydrogens is 220 g/mol. The van der Waals surface area contributed by atoms with Crippen molar-refractivity contribution < 1.29 is 19.8 Å². The molecule has 17 heavy (non-hydrogen) atoms. The number of hydrogen-bond acceptors (Lipinski definition) is 2. The average molecular weight is 242 g/mol. The van der Waals surface area contributed by atoms with Crippen molar-refractivity contribution in [2.45, 2.75) is 51.9 Å². The Labute approximate surface area is 102 Å². The van der Waals surface area contributed by atoms with Gasteiger partial charge in [0.05, 0.1) is 0 Å². The van der Waals surface area contributed by atoms with Crippen molar-refractivity contribution in [3.63, 3.8) is 0 Å². The molecule has 1 rings (SSSR count). The van der Waals surface area contributed by atoms with Gasteiger partial charge in [0.25, 0.3) is 0 Å². The highest BCUT2D eigenvalue weighted by molar-refractivity contribution is 5.70. The van der Waals surface area contributed by atoms with Crippen molar-refractivity contribution in [1.82, 2.24) is 0 Å². The van der Waals surface area contributed by atoms with E-state index in [1.807, 2.05) is 0 Å². The monoisotopic (exact) mass is 242 g/mol. The van der Waals surface area contributed by atoms with Crippen LogP contribution in [-0.2, 0) is 9.59 Å².